The lowest BCUT2D eigenvalue weighted by Crippen LogP contribution is -2.53. The molecule has 1 saturated heterocycles. The molecule has 1 fully saturated rings. The minimum Gasteiger partial charge on any atom is -0.492 e. The lowest BCUT2D eigenvalue weighted by Gasteiger charge is -2.40. The van der Waals surface area contributed by atoms with Crippen molar-refractivity contribution in [2.75, 3.05) is 37.7 Å². The van der Waals surface area contributed by atoms with Crippen molar-refractivity contribution in [3.05, 3.63) is 75.9 Å². The Kier molecular flexibility index (Phi) is 8.26. The van der Waals surface area contributed by atoms with Gasteiger partial charge in [0.05, 0.1) is 13.1 Å². The van der Waals surface area contributed by atoms with E-state index in [1.165, 1.54) is 4.68 Å². The van der Waals surface area contributed by atoms with Crippen molar-refractivity contribution < 1.29 is 9.84 Å². The van der Waals surface area contributed by atoms with Crippen molar-refractivity contribution in [1.29, 1.82) is 0 Å². The summed E-state index contributed by atoms with van der Waals surface area (Å²) < 4.78 is 8.98. The summed E-state index contributed by atoms with van der Waals surface area (Å²) in [5.74, 6) is 1.55. The predicted octanol–water partition coefficient (Wildman–Crippen LogP) is 2.87. The molecule has 0 unspecified atom stereocenters. The first kappa shape index (κ1) is 24.3. The van der Waals surface area contributed by atoms with Crippen LogP contribution >= 0.6 is 11.6 Å². The van der Waals surface area contributed by atoms with E-state index < -0.39 is 6.23 Å². The lowest BCUT2D eigenvalue weighted by molar-refractivity contribution is -0.00474. The average Bonchev–Trinajstić information content (AvgIpc) is 3.15. The summed E-state index contributed by atoms with van der Waals surface area (Å²) >= 11 is 6.11. The van der Waals surface area contributed by atoms with E-state index in [1.54, 1.807) is 4.57 Å². The number of hydrogen-bond acceptors (Lipinski definition) is 6. The summed E-state index contributed by atoms with van der Waals surface area (Å²) in [6.07, 6.45) is 0.843. The van der Waals surface area contributed by atoms with Gasteiger partial charge in [0, 0.05) is 43.3 Å². The highest BCUT2D eigenvalue weighted by Crippen LogP contribution is 2.22. The minimum absolute atomic E-state index is 0.111. The van der Waals surface area contributed by atoms with E-state index in [0.29, 0.717) is 44.2 Å². The van der Waals surface area contributed by atoms with Crippen LogP contribution in [0, 0.1) is 0 Å². The van der Waals surface area contributed by atoms with Gasteiger partial charge in [-0.25, -0.2) is 9.48 Å². The lowest BCUT2D eigenvalue weighted by atomic mass is 10.2. The van der Waals surface area contributed by atoms with Gasteiger partial charge < -0.3 is 14.7 Å². The zero-order chi connectivity index (χ0) is 23.9. The molecule has 0 amide bonds. The quantitative estimate of drug-likeness (QED) is 0.476. The van der Waals surface area contributed by atoms with Crippen LogP contribution in [-0.4, -0.2) is 63.4 Å². The van der Waals surface area contributed by atoms with Gasteiger partial charge >= 0.3 is 5.69 Å². The number of β-amino-alcohol motifs (C(OH)–C–C–N with tert-alkyl or cyclic N) is 1. The maximum Gasteiger partial charge on any atom is 0.346 e. The van der Waals surface area contributed by atoms with Crippen LogP contribution in [-0.2, 0) is 19.5 Å². The molecule has 1 aliphatic rings. The Morgan fingerprint density at radius 1 is 1.09 bits per heavy atom. The number of aliphatic hydroxyl groups excluding tert-OH is 1. The number of anilines is 1. The van der Waals surface area contributed by atoms with Crippen molar-refractivity contribution in [3.63, 3.8) is 0 Å². The zero-order valence-electron chi connectivity index (χ0n) is 19.5. The third kappa shape index (κ3) is 6.00. The number of hydrogen-bond donors (Lipinski definition) is 1. The van der Waals surface area contributed by atoms with Gasteiger partial charge in [-0.05, 0) is 36.8 Å². The van der Waals surface area contributed by atoms with Crippen LogP contribution in [0.2, 0.25) is 5.02 Å². The molecule has 182 valence electrons. The Balaban J connectivity index is 1.28. The summed E-state index contributed by atoms with van der Waals surface area (Å²) in [5.41, 5.74) is 0.909. The number of aromatic nitrogens is 3. The van der Waals surface area contributed by atoms with E-state index in [9.17, 15) is 9.90 Å². The van der Waals surface area contributed by atoms with E-state index in [4.69, 9.17) is 16.3 Å². The highest BCUT2D eigenvalue weighted by molar-refractivity contribution is 6.30. The fraction of sp³-hybridized carbons (Fsp3) is 0.440. The highest BCUT2D eigenvalue weighted by atomic mass is 35.5. The van der Waals surface area contributed by atoms with Gasteiger partial charge in [0.1, 0.15) is 24.4 Å². The largest absolute Gasteiger partial charge is 0.492 e. The average molecular weight is 486 g/mol. The van der Waals surface area contributed by atoms with Gasteiger partial charge in [-0.15, -0.1) is 0 Å². The number of nitrogens with zero attached hydrogens (tertiary/aromatic N) is 5. The third-order valence-corrected chi connectivity index (χ3v) is 6.33. The van der Waals surface area contributed by atoms with Crippen LogP contribution in [0.25, 0.3) is 0 Å². The van der Waals surface area contributed by atoms with E-state index in [0.717, 1.165) is 36.8 Å². The molecular formula is C25H32ClN5O3. The molecule has 0 radical (unpaired) electrons. The number of aryl methyl sites for hydroxylation is 2. The maximum absolute atomic E-state index is 12.9. The van der Waals surface area contributed by atoms with Crippen molar-refractivity contribution in [1.82, 2.24) is 19.2 Å². The molecule has 1 aliphatic heterocycles. The SMILES string of the molecule is CCc1nn(CCCN2CCN(c3cccc(Cl)c3)C[C@H]2O)c(=O)n1CCOc1ccccc1. The molecule has 0 aliphatic carbocycles. The van der Waals surface area contributed by atoms with Gasteiger partial charge in [-0.3, -0.25) is 9.47 Å². The maximum atomic E-state index is 12.9. The number of benzene rings is 2. The van der Waals surface area contributed by atoms with Gasteiger partial charge in [-0.2, -0.15) is 5.10 Å². The van der Waals surface area contributed by atoms with Crippen LogP contribution in [0.1, 0.15) is 19.2 Å². The number of piperazine rings is 1. The molecule has 4 rings (SSSR count). The minimum atomic E-state index is -0.566. The van der Waals surface area contributed by atoms with Crippen molar-refractivity contribution in [3.8, 4) is 5.75 Å². The van der Waals surface area contributed by atoms with Gasteiger partial charge in [0.25, 0.3) is 0 Å². The number of aliphatic hydroxyl groups is 1. The molecule has 1 atom stereocenters. The normalized spacial score (nSPS) is 16.7. The Morgan fingerprint density at radius 2 is 1.91 bits per heavy atom. The van der Waals surface area contributed by atoms with Gasteiger partial charge in [-0.1, -0.05) is 42.8 Å². The highest BCUT2D eigenvalue weighted by Gasteiger charge is 2.25. The fourth-order valence-electron chi connectivity index (χ4n) is 4.28. The monoisotopic (exact) mass is 485 g/mol. The van der Waals surface area contributed by atoms with Crippen molar-refractivity contribution in [2.24, 2.45) is 0 Å². The number of halogens is 1. The fourth-order valence-corrected chi connectivity index (χ4v) is 4.47. The van der Waals surface area contributed by atoms with E-state index in [2.05, 4.69) is 14.9 Å². The number of ether oxygens (including phenoxy) is 1. The molecule has 9 heteroatoms. The van der Waals surface area contributed by atoms with Crippen molar-refractivity contribution >= 4 is 17.3 Å². The van der Waals surface area contributed by atoms with E-state index >= 15 is 0 Å². The predicted molar refractivity (Wildman–Crippen MR) is 134 cm³/mol. The first-order chi connectivity index (χ1) is 16.5. The van der Waals surface area contributed by atoms with Crippen LogP contribution in [0.4, 0.5) is 5.69 Å². The molecular weight excluding hydrogens is 454 g/mol. The zero-order valence-corrected chi connectivity index (χ0v) is 20.3. The molecule has 3 aromatic rings. The van der Waals surface area contributed by atoms with Crippen molar-refractivity contribution in [2.45, 2.75) is 39.1 Å². The first-order valence-corrected chi connectivity index (χ1v) is 12.2. The summed E-state index contributed by atoms with van der Waals surface area (Å²) in [6.45, 7) is 6.16. The molecule has 2 aromatic carbocycles. The summed E-state index contributed by atoms with van der Waals surface area (Å²) in [7, 11) is 0. The molecule has 2 heterocycles. The topological polar surface area (TPSA) is 75.8 Å². The Morgan fingerprint density at radius 3 is 2.65 bits per heavy atom. The molecule has 0 spiro atoms. The summed E-state index contributed by atoms with van der Waals surface area (Å²) in [6, 6.07) is 17.3. The molecule has 0 saturated carbocycles. The summed E-state index contributed by atoms with van der Waals surface area (Å²) in [4.78, 5) is 17.1. The number of rotatable bonds is 10. The Hall–Kier alpha value is -2.81. The van der Waals surface area contributed by atoms with E-state index in [1.807, 2.05) is 61.5 Å². The second kappa shape index (κ2) is 11.6. The van der Waals surface area contributed by atoms with Gasteiger partial charge in [0.15, 0.2) is 0 Å². The molecule has 1 aromatic heterocycles. The Bertz CT molecular complexity index is 1120. The van der Waals surface area contributed by atoms with Gasteiger partial charge in [0.2, 0.25) is 0 Å². The molecule has 8 nitrogen and oxygen atoms in total. The molecule has 1 N–H and O–H groups in total. The first-order valence-electron chi connectivity index (χ1n) is 11.8. The standard InChI is InChI=1S/C25H32ClN5O3/c1-2-23-27-31(25(33)30(23)16-17-34-22-10-4-3-5-11-22)13-7-12-28-14-15-29(19-24(28)32)21-9-6-8-20(26)18-21/h3-6,8-11,18,24,32H,2,7,12-17,19H2,1H3/t24-/m1/s1. The third-order valence-electron chi connectivity index (χ3n) is 6.09. The van der Waals surface area contributed by atoms with Crippen LogP contribution in [0.15, 0.2) is 59.4 Å². The molecule has 34 heavy (non-hydrogen) atoms. The summed E-state index contributed by atoms with van der Waals surface area (Å²) in [5, 5.41) is 15.9. The smallest absolute Gasteiger partial charge is 0.346 e. The second-order valence-corrected chi connectivity index (χ2v) is 8.82. The van der Waals surface area contributed by atoms with Crippen LogP contribution in [0.3, 0.4) is 0 Å². The van der Waals surface area contributed by atoms with Crippen LogP contribution < -0.4 is 15.3 Å². The second-order valence-electron chi connectivity index (χ2n) is 8.38. The Labute approximate surface area is 204 Å². The van der Waals surface area contributed by atoms with E-state index in [-0.39, 0.29) is 5.69 Å². The number of para-hydroxylation sites is 1. The molecule has 0 bridgehead atoms. The van der Waals surface area contributed by atoms with Crippen LogP contribution in [0.5, 0.6) is 5.75 Å².